The van der Waals surface area contributed by atoms with Crippen molar-refractivity contribution in [1.29, 1.82) is 0 Å². The van der Waals surface area contributed by atoms with Gasteiger partial charge in [0.2, 0.25) is 0 Å². The van der Waals surface area contributed by atoms with Gasteiger partial charge in [0.25, 0.3) is 5.91 Å². The molecular formula is C19H21N3O5. The molecule has 0 spiro atoms. The minimum Gasteiger partial charge on any atom is -0.467 e. The molecule has 1 aliphatic rings. The van der Waals surface area contributed by atoms with Crippen LogP contribution in [0.15, 0.2) is 47.1 Å². The zero-order chi connectivity index (χ0) is 19.1. The summed E-state index contributed by atoms with van der Waals surface area (Å²) in [5.41, 5.74) is 0.510. The highest BCUT2D eigenvalue weighted by molar-refractivity contribution is 6.40. The normalized spacial score (nSPS) is 15.9. The molecule has 0 saturated carbocycles. The van der Waals surface area contributed by atoms with E-state index in [-0.39, 0.29) is 36.4 Å². The molecule has 8 heteroatoms. The van der Waals surface area contributed by atoms with Gasteiger partial charge >= 0.3 is 11.8 Å². The highest BCUT2D eigenvalue weighted by Crippen LogP contribution is 2.15. The Labute approximate surface area is 156 Å². The molecule has 1 aromatic carbocycles. The van der Waals surface area contributed by atoms with Crippen LogP contribution < -0.4 is 16.0 Å². The molecule has 3 amide bonds. The average Bonchev–Trinajstić information content (AvgIpc) is 3.38. The summed E-state index contributed by atoms with van der Waals surface area (Å²) < 4.78 is 10.6. The minimum atomic E-state index is -0.834. The van der Waals surface area contributed by atoms with Crippen LogP contribution in [0.4, 0.5) is 5.69 Å². The van der Waals surface area contributed by atoms with Crippen LogP contribution in [0.2, 0.25) is 0 Å². The molecule has 8 nitrogen and oxygen atoms in total. The van der Waals surface area contributed by atoms with Crippen LogP contribution in [-0.4, -0.2) is 37.0 Å². The topological polar surface area (TPSA) is 110 Å². The van der Waals surface area contributed by atoms with Crippen LogP contribution >= 0.6 is 0 Å². The first-order chi connectivity index (χ1) is 13.1. The van der Waals surface area contributed by atoms with Crippen LogP contribution in [0.25, 0.3) is 0 Å². The number of anilines is 1. The van der Waals surface area contributed by atoms with Crippen molar-refractivity contribution in [3.63, 3.8) is 0 Å². The van der Waals surface area contributed by atoms with E-state index in [9.17, 15) is 14.4 Å². The molecule has 1 saturated heterocycles. The number of ether oxygens (including phenoxy) is 1. The van der Waals surface area contributed by atoms with E-state index >= 15 is 0 Å². The first-order valence-corrected chi connectivity index (χ1v) is 8.74. The van der Waals surface area contributed by atoms with Crippen molar-refractivity contribution >= 4 is 23.4 Å². The minimum absolute atomic E-state index is 0.0542. The number of para-hydroxylation sites is 1. The molecule has 3 N–H and O–H groups in total. The van der Waals surface area contributed by atoms with Crippen LogP contribution in [0, 0.1) is 0 Å². The van der Waals surface area contributed by atoms with Gasteiger partial charge in [0.05, 0.1) is 30.2 Å². The smallest absolute Gasteiger partial charge is 0.313 e. The molecule has 0 radical (unpaired) electrons. The Hall–Kier alpha value is -3.13. The molecule has 27 heavy (non-hydrogen) atoms. The Balaban J connectivity index is 1.56. The lowest BCUT2D eigenvalue weighted by Gasteiger charge is -2.12. The fraction of sp³-hybridized carbons (Fsp3) is 0.316. The number of hydrogen-bond donors (Lipinski definition) is 3. The van der Waals surface area contributed by atoms with Crippen molar-refractivity contribution in [2.45, 2.75) is 25.5 Å². The third-order valence-electron chi connectivity index (χ3n) is 4.14. The summed E-state index contributed by atoms with van der Waals surface area (Å²) in [6, 6.07) is 9.94. The monoisotopic (exact) mass is 371 g/mol. The molecule has 142 valence electrons. The summed E-state index contributed by atoms with van der Waals surface area (Å²) in [4.78, 5) is 36.5. The molecule has 0 aliphatic carbocycles. The number of rotatable bonds is 6. The number of benzene rings is 1. The molecular weight excluding hydrogens is 350 g/mol. The largest absolute Gasteiger partial charge is 0.467 e. The van der Waals surface area contributed by atoms with Crippen molar-refractivity contribution in [2.75, 3.05) is 18.5 Å². The van der Waals surface area contributed by atoms with Crippen LogP contribution in [0.5, 0.6) is 0 Å². The van der Waals surface area contributed by atoms with Gasteiger partial charge in [-0.3, -0.25) is 14.4 Å². The molecule has 1 atom stereocenters. The number of carbonyl (C=O) groups excluding carboxylic acids is 3. The van der Waals surface area contributed by atoms with Gasteiger partial charge in [-0.15, -0.1) is 0 Å². The summed E-state index contributed by atoms with van der Waals surface area (Å²) in [6.07, 6.45) is 3.28. The average molecular weight is 371 g/mol. The highest BCUT2D eigenvalue weighted by Gasteiger charge is 2.21. The summed E-state index contributed by atoms with van der Waals surface area (Å²) in [5, 5.41) is 7.74. The maximum atomic E-state index is 12.4. The van der Waals surface area contributed by atoms with Crippen LogP contribution in [0.1, 0.15) is 29.0 Å². The maximum Gasteiger partial charge on any atom is 0.313 e. The Morgan fingerprint density at radius 2 is 1.89 bits per heavy atom. The Morgan fingerprint density at radius 3 is 2.63 bits per heavy atom. The Bertz CT molecular complexity index is 797. The predicted molar refractivity (Wildman–Crippen MR) is 96.9 cm³/mol. The van der Waals surface area contributed by atoms with E-state index < -0.39 is 11.8 Å². The quantitative estimate of drug-likeness (QED) is 0.666. The zero-order valence-electron chi connectivity index (χ0n) is 14.7. The highest BCUT2D eigenvalue weighted by atomic mass is 16.5. The van der Waals surface area contributed by atoms with Gasteiger partial charge in [0, 0.05) is 13.2 Å². The fourth-order valence-electron chi connectivity index (χ4n) is 2.74. The van der Waals surface area contributed by atoms with Crippen molar-refractivity contribution in [2.24, 2.45) is 0 Å². The van der Waals surface area contributed by atoms with Crippen molar-refractivity contribution in [3.05, 3.63) is 54.0 Å². The zero-order valence-corrected chi connectivity index (χ0v) is 14.7. The molecule has 3 rings (SSSR count). The van der Waals surface area contributed by atoms with E-state index in [0.29, 0.717) is 12.4 Å². The lowest BCUT2D eigenvalue weighted by molar-refractivity contribution is -0.136. The summed E-state index contributed by atoms with van der Waals surface area (Å²) >= 11 is 0. The lowest BCUT2D eigenvalue weighted by atomic mass is 10.1. The van der Waals surface area contributed by atoms with E-state index in [2.05, 4.69) is 16.0 Å². The van der Waals surface area contributed by atoms with Gasteiger partial charge in [-0.05, 0) is 37.1 Å². The summed E-state index contributed by atoms with van der Waals surface area (Å²) in [7, 11) is 0. The second-order valence-electron chi connectivity index (χ2n) is 6.11. The van der Waals surface area contributed by atoms with Crippen molar-refractivity contribution < 1.29 is 23.5 Å². The van der Waals surface area contributed by atoms with Gasteiger partial charge in [0.15, 0.2) is 0 Å². The third-order valence-corrected chi connectivity index (χ3v) is 4.14. The number of furan rings is 1. The second kappa shape index (κ2) is 9.00. The first-order valence-electron chi connectivity index (χ1n) is 8.74. The molecule has 1 fully saturated rings. The fourth-order valence-corrected chi connectivity index (χ4v) is 2.74. The summed E-state index contributed by atoms with van der Waals surface area (Å²) in [5.74, 6) is -1.38. The van der Waals surface area contributed by atoms with E-state index in [1.54, 1.807) is 36.4 Å². The third kappa shape index (κ3) is 5.18. The number of carbonyl (C=O) groups is 3. The van der Waals surface area contributed by atoms with Crippen molar-refractivity contribution in [1.82, 2.24) is 10.6 Å². The number of hydrogen-bond acceptors (Lipinski definition) is 5. The predicted octanol–water partition coefficient (Wildman–Crippen LogP) is 1.44. The maximum absolute atomic E-state index is 12.4. The van der Waals surface area contributed by atoms with E-state index in [1.807, 2.05) is 0 Å². The molecule has 2 heterocycles. The van der Waals surface area contributed by atoms with Crippen LogP contribution in [0.3, 0.4) is 0 Å². The molecule has 0 bridgehead atoms. The Kier molecular flexibility index (Phi) is 6.22. The van der Waals surface area contributed by atoms with E-state index in [0.717, 1.165) is 12.8 Å². The first kappa shape index (κ1) is 18.7. The molecule has 0 unspecified atom stereocenters. The second-order valence-corrected chi connectivity index (χ2v) is 6.11. The lowest BCUT2D eigenvalue weighted by Crippen LogP contribution is -2.39. The standard InChI is InChI=1S/C19H21N3O5/c23-17(20-11-13-5-3-9-26-13)15-7-1-2-8-16(15)22-19(25)18(24)21-12-14-6-4-10-27-14/h1-3,5,7-9,14H,4,6,10-12H2,(H,20,23)(H,21,24)(H,22,25)/t14-/m1/s1. The van der Waals surface area contributed by atoms with Gasteiger partial charge in [0.1, 0.15) is 5.76 Å². The molecule has 2 aromatic rings. The van der Waals surface area contributed by atoms with E-state index in [4.69, 9.17) is 9.15 Å². The van der Waals surface area contributed by atoms with Crippen LogP contribution in [-0.2, 0) is 20.9 Å². The van der Waals surface area contributed by atoms with Gasteiger partial charge in [-0.1, -0.05) is 12.1 Å². The van der Waals surface area contributed by atoms with Gasteiger partial charge < -0.3 is 25.1 Å². The number of amides is 3. The summed E-state index contributed by atoms with van der Waals surface area (Å²) in [6.45, 7) is 1.18. The SMILES string of the molecule is O=C(NC[C@H]1CCCO1)C(=O)Nc1ccccc1C(=O)NCc1ccco1. The van der Waals surface area contributed by atoms with Gasteiger partial charge in [-0.2, -0.15) is 0 Å². The van der Waals surface area contributed by atoms with Crippen molar-refractivity contribution in [3.8, 4) is 0 Å². The molecule has 1 aliphatic heterocycles. The van der Waals surface area contributed by atoms with E-state index in [1.165, 1.54) is 6.26 Å². The van der Waals surface area contributed by atoms with Gasteiger partial charge in [-0.25, -0.2) is 0 Å². The molecule has 1 aromatic heterocycles. The Morgan fingerprint density at radius 1 is 1.04 bits per heavy atom. The number of nitrogens with one attached hydrogen (secondary N) is 3.